The van der Waals surface area contributed by atoms with Gasteiger partial charge in [-0.25, -0.2) is 14.4 Å². The van der Waals surface area contributed by atoms with Crippen molar-refractivity contribution in [3.63, 3.8) is 0 Å². The van der Waals surface area contributed by atoms with Crippen LogP contribution in [0.2, 0.25) is 0 Å². The molecule has 10 nitrogen and oxygen atoms in total. The Morgan fingerprint density at radius 2 is 2.05 bits per heavy atom. The molecule has 11 heteroatoms. The zero-order valence-electron chi connectivity index (χ0n) is 24.0. The number of halogens is 1. The van der Waals surface area contributed by atoms with Gasteiger partial charge in [0.1, 0.15) is 24.4 Å². The third-order valence-electron chi connectivity index (χ3n) is 8.57. The molecule has 1 saturated carbocycles. The molecule has 2 amide bonds. The van der Waals surface area contributed by atoms with Crippen molar-refractivity contribution in [2.75, 3.05) is 37.4 Å². The molecule has 3 heterocycles. The summed E-state index contributed by atoms with van der Waals surface area (Å²) >= 11 is 0. The summed E-state index contributed by atoms with van der Waals surface area (Å²) in [4.78, 5) is 37.7. The summed E-state index contributed by atoms with van der Waals surface area (Å²) in [5, 5.41) is 10.6. The zero-order chi connectivity index (χ0) is 30.2. The van der Waals surface area contributed by atoms with Gasteiger partial charge in [-0.1, -0.05) is 18.7 Å². The Bertz CT molecular complexity index is 1590. The Balaban J connectivity index is 1.33. The van der Waals surface area contributed by atoms with E-state index in [1.807, 2.05) is 12.1 Å². The van der Waals surface area contributed by atoms with Crippen molar-refractivity contribution in [1.82, 2.24) is 14.9 Å². The van der Waals surface area contributed by atoms with Crippen LogP contribution >= 0.6 is 0 Å². The summed E-state index contributed by atoms with van der Waals surface area (Å²) in [7, 11) is 1.58. The molecule has 1 saturated heterocycles. The number of nitrogens with zero attached hydrogens (tertiary/aromatic N) is 4. The lowest BCUT2D eigenvalue weighted by molar-refractivity contribution is -0.127. The lowest BCUT2D eigenvalue weighted by Crippen LogP contribution is -2.38. The highest BCUT2D eigenvalue weighted by molar-refractivity contribution is 6.09. The number of hydrogen-bond acceptors (Lipinski definition) is 8. The number of anilines is 2. The standard InChI is InChI=1S/C32H34FN5O5/c1-3-28(40)38-14-23(42-2)13-22(38)16-43-30-29(35-17-36-31(30)34)25-11-21(33)12-27(26(25)15-39)37-9-8-20-10-19(18-4-5-18)6-7-24(20)32(37)41/h3,6-7,10-12,17-18,22-23,39H,1,4-5,8-9,13-16H2,2H3,(H2,34,35,36)/t22-,23+/m0/s1. The summed E-state index contributed by atoms with van der Waals surface area (Å²) < 4.78 is 26.9. The van der Waals surface area contributed by atoms with Crippen LogP contribution < -0.4 is 15.4 Å². The lowest BCUT2D eigenvalue weighted by atomic mass is 9.93. The smallest absolute Gasteiger partial charge is 0.258 e. The average Bonchev–Trinajstić information content (AvgIpc) is 3.79. The Morgan fingerprint density at radius 3 is 2.77 bits per heavy atom. The molecule has 0 radical (unpaired) electrons. The van der Waals surface area contributed by atoms with E-state index in [1.165, 1.54) is 47.8 Å². The number of aliphatic hydroxyl groups is 1. The normalized spacial score (nSPS) is 19.8. The van der Waals surface area contributed by atoms with Crippen LogP contribution in [0.3, 0.4) is 0 Å². The van der Waals surface area contributed by atoms with Crippen molar-refractivity contribution in [1.29, 1.82) is 0 Å². The topological polar surface area (TPSA) is 131 Å². The number of aliphatic hydroxyl groups excluding tert-OH is 1. The third kappa shape index (κ3) is 5.46. The van der Waals surface area contributed by atoms with Crippen LogP contribution in [0.5, 0.6) is 5.75 Å². The number of methoxy groups -OCH3 is 1. The Kier molecular flexibility index (Phi) is 7.85. The lowest BCUT2D eigenvalue weighted by Gasteiger charge is -2.31. The number of carbonyl (C=O) groups excluding carboxylic acids is 2. The molecule has 1 aliphatic carbocycles. The Morgan fingerprint density at radius 1 is 1.23 bits per heavy atom. The first-order valence-electron chi connectivity index (χ1n) is 14.4. The first kappa shape index (κ1) is 28.8. The van der Waals surface area contributed by atoms with Crippen LogP contribution in [0.15, 0.2) is 49.3 Å². The van der Waals surface area contributed by atoms with E-state index in [1.54, 1.807) is 12.0 Å². The predicted octanol–water partition coefficient (Wildman–Crippen LogP) is 3.62. The molecule has 2 aliphatic heterocycles. The van der Waals surface area contributed by atoms with Crippen molar-refractivity contribution in [2.24, 2.45) is 0 Å². The summed E-state index contributed by atoms with van der Waals surface area (Å²) in [6, 6.07) is 8.11. The zero-order valence-corrected chi connectivity index (χ0v) is 24.0. The quantitative estimate of drug-likeness (QED) is 0.363. The van der Waals surface area contributed by atoms with Crippen LogP contribution in [0, 0.1) is 5.82 Å². The number of hydrogen-bond donors (Lipinski definition) is 2. The molecule has 2 fully saturated rings. The van der Waals surface area contributed by atoms with Crippen molar-refractivity contribution >= 4 is 23.3 Å². The van der Waals surface area contributed by atoms with E-state index in [2.05, 4.69) is 22.6 Å². The number of fused-ring (bicyclic) bond motifs is 1. The summed E-state index contributed by atoms with van der Waals surface area (Å²) in [6.07, 6.45) is 5.79. The predicted molar refractivity (Wildman–Crippen MR) is 158 cm³/mol. The van der Waals surface area contributed by atoms with Gasteiger partial charge in [0, 0.05) is 36.9 Å². The minimum absolute atomic E-state index is 0.0111. The van der Waals surface area contributed by atoms with Crippen molar-refractivity contribution < 1.29 is 28.6 Å². The maximum Gasteiger partial charge on any atom is 0.258 e. The van der Waals surface area contributed by atoms with Gasteiger partial charge >= 0.3 is 0 Å². The van der Waals surface area contributed by atoms with E-state index in [0.29, 0.717) is 43.0 Å². The van der Waals surface area contributed by atoms with Gasteiger partial charge in [-0.05, 0) is 67.0 Å². The molecule has 6 rings (SSSR count). The molecule has 2 atom stereocenters. The number of aromatic nitrogens is 2. The maximum atomic E-state index is 15.3. The highest BCUT2D eigenvalue weighted by Crippen LogP contribution is 2.42. The number of benzene rings is 2. The summed E-state index contributed by atoms with van der Waals surface area (Å²) in [6.45, 7) is 3.86. The number of ether oxygens (including phenoxy) is 2. The van der Waals surface area contributed by atoms with Gasteiger partial charge < -0.3 is 30.1 Å². The first-order chi connectivity index (χ1) is 20.8. The molecule has 1 aromatic heterocycles. The van der Waals surface area contributed by atoms with Gasteiger partial charge in [-0.2, -0.15) is 0 Å². The van der Waals surface area contributed by atoms with Crippen LogP contribution in [0.4, 0.5) is 15.9 Å². The second kappa shape index (κ2) is 11.7. The van der Waals surface area contributed by atoms with Crippen molar-refractivity contribution in [3.8, 4) is 17.0 Å². The summed E-state index contributed by atoms with van der Waals surface area (Å²) in [5.41, 5.74) is 9.99. The molecule has 43 heavy (non-hydrogen) atoms. The molecule has 224 valence electrons. The minimum Gasteiger partial charge on any atom is -0.485 e. The molecule has 0 spiro atoms. The monoisotopic (exact) mass is 587 g/mol. The molecule has 3 N–H and O–H groups in total. The largest absolute Gasteiger partial charge is 0.485 e. The fraction of sp³-hybridized carbons (Fsp3) is 0.375. The van der Waals surface area contributed by atoms with Gasteiger partial charge in [0.15, 0.2) is 11.6 Å². The van der Waals surface area contributed by atoms with Gasteiger partial charge in [-0.15, -0.1) is 0 Å². The molecular formula is C32H34FN5O5. The van der Waals surface area contributed by atoms with E-state index in [9.17, 15) is 14.7 Å². The van der Waals surface area contributed by atoms with E-state index >= 15 is 4.39 Å². The number of carbonyl (C=O) groups is 2. The molecular weight excluding hydrogens is 553 g/mol. The number of rotatable bonds is 9. The van der Waals surface area contributed by atoms with E-state index in [4.69, 9.17) is 15.2 Å². The highest BCUT2D eigenvalue weighted by Gasteiger charge is 2.36. The fourth-order valence-electron chi connectivity index (χ4n) is 6.14. The van der Waals surface area contributed by atoms with Gasteiger partial charge in [0.05, 0.1) is 24.4 Å². The minimum atomic E-state index is -0.616. The number of likely N-dealkylation sites (tertiary alicyclic amines) is 1. The SMILES string of the molecule is C=CC(=O)N1C[C@H](OC)C[C@H]1COc1c(N)ncnc1-c1cc(F)cc(N2CCc3cc(C4CC4)ccc3C2=O)c1CO. The number of amides is 2. The van der Waals surface area contributed by atoms with Crippen LogP contribution in [0.1, 0.15) is 52.2 Å². The number of nitrogens with two attached hydrogens (primary N) is 1. The second-order valence-electron chi connectivity index (χ2n) is 11.2. The molecule has 3 aliphatic rings. The number of nitrogen functional groups attached to an aromatic ring is 1. The maximum absolute atomic E-state index is 15.3. The second-order valence-corrected chi connectivity index (χ2v) is 11.2. The van der Waals surface area contributed by atoms with Crippen LogP contribution in [0.25, 0.3) is 11.3 Å². The van der Waals surface area contributed by atoms with Crippen molar-refractivity contribution in [3.05, 3.63) is 77.4 Å². The fourth-order valence-corrected chi connectivity index (χ4v) is 6.14. The molecule has 2 aromatic carbocycles. The van der Waals surface area contributed by atoms with Crippen molar-refractivity contribution in [2.45, 2.75) is 50.4 Å². The molecule has 0 unspecified atom stereocenters. The summed E-state index contributed by atoms with van der Waals surface area (Å²) in [5.74, 6) is -0.452. The van der Waals surface area contributed by atoms with Crippen LogP contribution in [-0.4, -0.2) is 70.7 Å². The van der Waals surface area contributed by atoms with Gasteiger partial charge in [0.25, 0.3) is 5.91 Å². The third-order valence-corrected chi connectivity index (χ3v) is 8.57. The van der Waals surface area contributed by atoms with E-state index < -0.39 is 12.4 Å². The molecule has 3 aromatic rings. The van der Waals surface area contributed by atoms with Gasteiger partial charge in [-0.3, -0.25) is 9.59 Å². The van der Waals surface area contributed by atoms with Crippen LogP contribution in [-0.2, 0) is 22.6 Å². The first-order valence-corrected chi connectivity index (χ1v) is 14.4. The van der Waals surface area contributed by atoms with E-state index in [0.717, 1.165) is 5.56 Å². The Labute approximate surface area is 248 Å². The average molecular weight is 588 g/mol. The van der Waals surface area contributed by atoms with E-state index in [-0.39, 0.29) is 59.1 Å². The molecule has 0 bridgehead atoms. The Hall–Kier alpha value is -4.35. The van der Waals surface area contributed by atoms with Gasteiger partial charge in [0.2, 0.25) is 5.91 Å². The highest BCUT2D eigenvalue weighted by atomic mass is 19.1.